The largest absolute Gasteiger partial charge is 0.423 e. The van der Waals surface area contributed by atoms with Crippen molar-refractivity contribution in [2.24, 2.45) is 0 Å². The topological polar surface area (TPSA) is 72.8 Å². The second-order valence-electron chi connectivity index (χ2n) is 5.92. The van der Waals surface area contributed by atoms with Crippen molar-refractivity contribution in [1.29, 1.82) is 5.26 Å². The molecule has 0 aliphatic carbocycles. The van der Waals surface area contributed by atoms with E-state index >= 15 is 0 Å². The molecule has 2 heterocycles. The summed E-state index contributed by atoms with van der Waals surface area (Å²) in [6.45, 7) is 0.720. The Hall–Kier alpha value is -2.82. The Bertz CT molecular complexity index is 861. The average Bonchev–Trinajstić information content (AvgIpc) is 2.60. The van der Waals surface area contributed by atoms with Gasteiger partial charge in [0.05, 0.1) is 23.5 Å². The van der Waals surface area contributed by atoms with Crippen LogP contribution in [0.4, 0.5) is 18.9 Å². The fraction of sp³-hybridized carbons (Fsp3) is 0.353. The van der Waals surface area contributed by atoms with E-state index in [-0.39, 0.29) is 11.6 Å². The van der Waals surface area contributed by atoms with E-state index in [2.05, 4.69) is 11.2 Å². The van der Waals surface area contributed by atoms with Crippen LogP contribution in [0.5, 0.6) is 0 Å². The summed E-state index contributed by atoms with van der Waals surface area (Å²) in [6, 6.07) is 9.42. The first kappa shape index (κ1) is 17.0. The molecule has 3 rings (SSSR count). The molecule has 8 heteroatoms. The Morgan fingerprint density at radius 1 is 1.24 bits per heavy atom. The van der Waals surface area contributed by atoms with Crippen LogP contribution < -0.4 is 10.5 Å². The highest BCUT2D eigenvalue weighted by molar-refractivity contribution is 5.53. The molecule has 0 radical (unpaired) electrons. The maximum absolute atomic E-state index is 13.2. The van der Waals surface area contributed by atoms with E-state index in [1.54, 1.807) is 12.1 Å². The third-order valence-electron chi connectivity index (χ3n) is 4.48. The van der Waals surface area contributed by atoms with Crippen LogP contribution in [-0.2, 0) is 6.18 Å². The van der Waals surface area contributed by atoms with Crippen LogP contribution in [0.25, 0.3) is 0 Å². The van der Waals surface area contributed by atoms with Gasteiger partial charge in [-0.1, -0.05) is 18.2 Å². The van der Waals surface area contributed by atoms with Crippen molar-refractivity contribution in [3.8, 4) is 6.07 Å². The van der Waals surface area contributed by atoms with Gasteiger partial charge in [0.1, 0.15) is 5.56 Å². The molecule has 0 saturated carbocycles. The number of aromatic amines is 1. The Kier molecular flexibility index (Phi) is 4.49. The predicted molar refractivity (Wildman–Crippen MR) is 85.2 cm³/mol. The van der Waals surface area contributed by atoms with Crippen molar-refractivity contribution >= 4 is 5.69 Å². The Morgan fingerprint density at radius 2 is 1.92 bits per heavy atom. The number of nitriles is 1. The number of aromatic nitrogens is 2. The summed E-state index contributed by atoms with van der Waals surface area (Å²) in [5.74, 6) is 0.108. The second kappa shape index (κ2) is 6.59. The molecule has 5 nitrogen and oxygen atoms in total. The van der Waals surface area contributed by atoms with Gasteiger partial charge in [0, 0.05) is 13.1 Å². The predicted octanol–water partition coefficient (Wildman–Crippen LogP) is 3.04. The number of anilines is 1. The van der Waals surface area contributed by atoms with Gasteiger partial charge in [0.2, 0.25) is 0 Å². The normalized spacial score (nSPS) is 15.8. The van der Waals surface area contributed by atoms with E-state index in [1.165, 1.54) is 4.90 Å². The number of nitrogens with zero attached hydrogens (tertiary/aromatic N) is 3. The van der Waals surface area contributed by atoms with Crippen LogP contribution in [0.1, 0.15) is 35.4 Å². The van der Waals surface area contributed by atoms with Crippen LogP contribution in [-0.4, -0.2) is 23.3 Å². The molecule has 25 heavy (non-hydrogen) atoms. The Labute approximate surface area is 141 Å². The first-order valence-electron chi connectivity index (χ1n) is 7.80. The molecule has 1 saturated heterocycles. The molecule has 1 aromatic carbocycles. The number of rotatable bonds is 2. The average molecular weight is 348 g/mol. The van der Waals surface area contributed by atoms with Crippen molar-refractivity contribution in [2.45, 2.75) is 24.9 Å². The summed E-state index contributed by atoms with van der Waals surface area (Å²) < 4.78 is 39.6. The molecular formula is C17H15F3N4O. The molecule has 0 amide bonds. The lowest BCUT2D eigenvalue weighted by Crippen LogP contribution is -2.37. The lowest BCUT2D eigenvalue weighted by Gasteiger charge is -2.34. The van der Waals surface area contributed by atoms with E-state index in [9.17, 15) is 23.2 Å². The highest BCUT2D eigenvalue weighted by Crippen LogP contribution is 2.37. The molecular weight excluding hydrogens is 333 g/mol. The minimum absolute atomic E-state index is 0.108. The lowest BCUT2D eigenvalue weighted by molar-refractivity contribution is -0.138. The van der Waals surface area contributed by atoms with Crippen molar-refractivity contribution in [3.63, 3.8) is 0 Å². The molecule has 0 spiro atoms. The number of hydrogen-bond donors (Lipinski definition) is 1. The molecule has 0 atom stereocenters. The van der Waals surface area contributed by atoms with Crippen LogP contribution in [0.3, 0.4) is 0 Å². The van der Waals surface area contributed by atoms with E-state index in [0.29, 0.717) is 31.5 Å². The second-order valence-corrected chi connectivity index (χ2v) is 5.92. The molecule has 0 unspecified atom stereocenters. The number of H-pyrrole nitrogens is 1. The van der Waals surface area contributed by atoms with Crippen molar-refractivity contribution in [3.05, 3.63) is 57.5 Å². The minimum Gasteiger partial charge on any atom is -0.370 e. The number of benzene rings is 1. The number of nitrogens with one attached hydrogen (secondary N) is 1. The first-order valence-corrected chi connectivity index (χ1v) is 7.80. The summed E-state index contributed by atoms with van der Waals surface area (Å²) >= 11 is 0. The number of halogens is 3. The van der Waals surface area contributed by atoms with Crippen molar-refractivity contribution < 1.29 is 13.2 Å². The molecule has 1 aliphatic heterocycles. The zero-order valence-corrected chi connectivity index (χ0v) is 13.2. The van der Waals surface area contributed by atoms with Gasteiger partial charge in [-0.05, 0) is 30.4 Å². The highest BCUT2D eigenvalue weighted by Gasteiger charge is 2.39. The van der Waals surface area contributed by atoms with E-state index in [4.69, 9.17) is 0 Å². The van der Waals surface area contributed by atoms with Gasteiger partial charge in [-0.25, -0.2) is 5.10 Å². The summed E-state index contributed by atoms with van der Waals surface area (Å²) in [7, 11) is 0. The third-order valence-corrected chi connectivity index (χ3v) is 4.48. The maximum Gasteiger partial charge on any atom is 0.423 e. The molecule has 1 fully saturated rings. The summed E-state index contributed by atoms with van der Waals surface area (Å²) in [5.41, 5.74) is -1.12. The smallest absolute Gasteiger partial charge is 0.370 e. The number of alkyl halides is 3. The van der Waals surface area contributed by atoms with Gasteiger partial charge in [0.15, 0.2) is 0 Å². The minimum atomic E-state index is -4.74. The van der Waals surface area contributed by atoms with Gasteiger partial charge in [-0.2, -0.15) is 23.5 Å². The summed E-state index contributed by atoms with van der Waals surface area (Å²) in [4.78, 5) is 13.1. The number of hydrogen-bond acceptors (Lipinski definition) is 4. The quantitative estimate of drug-likeness (QED) is 0.905. The van der Waals surface area contributed by atoms with Crippen molar-refractivity contribution in [1.82, 2.24) is 10.2 Å². The fourth-order valence-electron chi connectivity index (χ4n) is 3.29. The van der Waals surface area contributed by atoms with Gasteiger partial charge in [0.25, 0.3) is 5.56 Å². The van der Waals surface area contributed by atoms with Crippen molar-refractivity contribution in [2.75, 3.05) is 18.0 Å². The van der Waals surface area contributed by atoms with E-state index < -0.39 is 17.3 Å². The molecule has 0 bridgehead atoms. The summed E-state index contributed by atoms with van der Waals surface area (Å²) in [6.07, 6.45) is -2.49. The third kappa shape index (κ3) is 3.36. The molecule has 1 aliphatic rings. The Balaban J connectivity index is 1.84. The molecule has 130 valence electrons. The van der Waals surface area contributed by atoms with E-state index in [1.807, 2.05) is 17.2 Å². The van der Waals surface area contributed by atoms with Crippen LogP contribution in [0.2, 0.25) is 0 Å². The monoisotopic (exact) mass is 348 g/mol. The fourth-order valence-corrected chi connectivity index (χ4v) is 3.29. The zero-order chi connectivity index (χ0) is 18.0. The van der Waals surface area contributed by atoms with E-state index in [0.717, 1.165) is 11.8 Å². The van der Waals surface area contributed by atoms with Gasteiger partial charge in [-0.3, -0.25) is 4.79 Å². The molecule has 1 aromatic heterocycles. The summed E-state index contributed by atoms with van der Waals surface area (Å²) in [5, 5.41) is 14.6. The molecule has 1 N–H and O–H groups in total. The zero-order valence-electron chi connectivity index (χ0n) is 13.2. The standard InChI is InChI=1S/C17H15F3N4O/c18-17(19,20)15-14(10-22-23-16(15)25)24-7-5-11(6-8-24)13-4-2-1-3-12(13)9-21/h1-4,10-11H,5-8H2,(H,23,25). The highest BCUT2D eigenvalue weighted by atomic mass is 19.4. The SMILES string of the molecule is N#Cc1ccccc1C1CCN(c2cn[nH]c(=O)c2C(F)(F)F)CC1. The van der Waals surface area contributed by atoms with Crippen LogP contribution >= 0.6 is 0 Å². The Morgan fingerprint density at radius 3 is 2.56 bits per heavy atom. The molecule has 2 aromatic rings. The van der Waals surface area contributed by atoms with Gasteiger partial charge in [-0.15, -0.1) is 0 Å². The van der Waals surface area contributed by atoms with Crippen LogP contribution in [0, 0.1) is 11.3 Å². The van der Waals surface area contributed by atoms with Gasteiger partial charge >= 0.3 is 6.18 Å². The van der Waals surface area contributed by atoms with Crippen LogP contribution in [0.15, 0.2) is 35.3 Å². The lowest BCUT2D eigenvalue weighted by atomic mass is 9.86. The maximum atomic E-state index is 13.2. The number of piperidine rings is 1. The van der Waals surface area contributed by atoms with Gasteiger partial charge < -0.3 is 4.90 Å². The first-order chi connectivity index (χ1) is 11.9.